The Balaban J connectivity index is 1.74. The molecule has 0 amide bonds. The minimum Gasteiger partial charge on any atom is -0.497 e. The van der Waals surface area contributed by atoms with E-state index in [-0.39, 0.29) is 5.97 Å². The van der Waals surface area contributed by atoms with Crippen molar-refractivity contribution in [3.63, 3.8) is 0 Å². The van der Waals surface area contributed by atoms with Crippen molar-refractivity contribution < 1.29 is 14.3 Å². The molecule has 0 unspecified atom stereocenters. The minimum absolute atomic E-state index is 0.224. The number of rotatable bonds is 6. The third-order valence-electron chi connectivity index (χ3n) is 2.61. The van der Waals surface area contributed by atoms with E-state index in [1.54, 1.807) is 43.1 Å². The van der Waals surface area contributed by atoms with Gasteiger partial charge in [0.15, 0.2) is 0 Å². The van der Waals surface area contributed by atoms with E-state index in [2.05, 4.69) is 0 Å². The Morgan fingerprint density at radius 2 is 1.65 bits per heavy atom. The monoisotopic (exact) mass is 288 g/mol. The van der Waals surface area contributed by atoms with Crippen LogP contribution >= 0.6 is 11.8 Å². The molecular formula is C16H16O3S. The number of ether oxygens (including phenoxy) is 2. The summed E-state index contributed by atoms with van der Waals surface area (Å²) in [5.41, 5.74) is 0. The fourth-order valence-electron chi connectivity index (χ4n) is 1.60. The van der Waals surface area contributed by atoms with Gasteiger partial charge in [-0.25, -0.2) is 0 Å². The van der Waals surface area contributed by atoms with E-state index in [1.807, 2.05) is 30.3 Å². The standard InChI is InChI=1S/C16H16O3S/c1-18-13-7-9-14(10-8-13)19-16(17)11-12-20-15-5-3-2-4-6-15/h2-10H,11-12H2,1H3. The van der Waals surface area contributed by atoms with Crippen LogP contribution in [0.2, 0.25) is 0 Å². The first kappa shape index (κ1) is 14.5. The van der Waals surface area contributed by atoms with Gasteiger partial charge in [0, 0.05) is 10.6 Å². The molecular weight excluding hydrogens is 272 g/mol. The molecule has 3 nitrogen and oxygen atoms in total. The largest absolute Gasteiger partial charge is 0.497 e. The van der Waals surface area contributed by atoms with Gasteiger partial charge in [-0.3, -0.25) is 4.79 Å². The van der Waals surface area contributed by atoms with Crippen LogP contribution in [-0.2, 0) is 4.79 Å². The zero-order chi connectivity index (χ0) is 14.2. The third-order valence-corrected chi connectivity index (χ3v) is 3.62. The lowest BCUT2D eigenvalue weighted by atomic mass is 10.3. The van der Waals surface area contributed by atoms with Gasteiger partial charge < -0.3 is 9.47 Å². The third kappa shape index (κ3) is 4.63. The number of hydrogen-bond donors (Lipinski definition) is 0. The molecule has 0 bridgehead atoms. The lowest BCUT2D eigenvalue weighted by molar-refractivity contribution is -0.133. The minimum atomic E-state index is -0.224. The van der Waals surface area contributed by atoms with Crippen LogP contribution in [0, 0.1) is 0 Å². The highest BCUT2D eigenvalue weighted by atomic mass is 32.2. The molecule has 2 aromatic carbocycles. The van der Waals surface area contributed by atoms with Crippen molar-refractivity contribution in [2.75, 3.05) is 12.9 Å². The second kappa shape index (κ2) is 7.60. The van der Waals surface area contributed by atoms with E-state index in [9.17, 15) is 4.79 Å². The Hall–Kier alpha value is -1.94. The molecule has 0 atom stereocenters. The number of hydrogen-bond acceptors (Lipinski definition) is 4. The van der Waals surface area contributed by atoms with Crippen molar-refractivity contribution in [2.45, 2.75) is 11.3 Å². The Bertz CT molecular complexity index is 537. The first-order chi connectivity index (χ1) is 9.78. The zero-order valence-corrected chi connectivity index (χ0v) is 12.1. The van der Waals surface area contributed by atoms with Crippen LogP contribution in [0.3, 0.4) is 0 Å². The molecule has 104 valence electrons. The molecule has 0 spiro atoms. The molecule has 0 aromatic heterocycles. The van der Waals surface area contributed by atoms with Gasteiger partial charge in [0.2, 0.25) is 0 Å². The number of benzene rings is 2. The zero-order valence-electron chi connectivity index (χ0n) is 11.2. The molecule has 0 fully saturated rings. The van der Waals surface area contributed by atoms with E-state index in [0.717, 1.165) is 10.6 Å². The highest BCUT2D eigenvalue weighted by molar-refractivity contribution is 7.99. The molecule has 20 heavy (non-hydrogen) atoms. The van der Waals surface area contributed by atoms with Crippen molar-refractivity contribution in [1.82, 2.24) is 0 Å². The SMILES string of the molecule is COc1ccc(OC(=O)CCSc2ccccc2)cc1. The van der Waals surface area contributed by atoms with Gasteiger partial charge in [0.25, 0.3) is 0 Å². The Morgan fingerprint density at radius 1 is 1.00 bits per heavy atom. The lowest BCUT2D eigenvalue weighted by Gasteiger charge is -2.05. The second-order valence-corrected chi connectivity index (χ2v) is 5.23. The van der Waals surface area contributed by atoms with Crippen LogP contribution in [0.4, 0.5) is 0 Å². The molecule has 0 aliphatic rings. The van der Waals surface area contributed by atoms with Crippen LogP contribution in [0.25, 0.3) is 0 Å². The quantitative estimate of drug-likeness (QED) is 0.460. The summed E-state index contributed by atoms with van der Waals surface area (Å²) in [5.74, 6) is 1.77. The highest BCUT2D eigenvalue weighted by Gasteiger charge is 2.05. The normalized spacial score (nSPS) is 10.1. The second-order valence-electron chi connectivity index (χ2n) is 4.06. The Labute approximate surface area is 122 Å². The molecule has 0 aliphatic heterocycles. The molecule has 0 radical (unpaired) electrons. The maximum atomic E-state index is 11.7. The molecule has 4 heteroatoms. The molecule has 2 aromatic rings. The molecule has 0 saturated carbocycles. The van der Waals surface area contributed by atoms with Crippen LogP contribution in [-0.4, -0.2) is 18.8 Å². The van der Waals surface area contributed by atoms with Crippen molar-refractivity contribution in [2.24, 2.45) is 0 Å². The van der Waals surface area contributed by atoms with Crippen LogP contribution in [0.15, 0.2) is 59.5 Å². The number of thioether (sulfide) groups is 1. The lowest BCUT2D eigenvalue weighted by Crippen LogP contribution is -2.08. The van der Waals surface area contributed by atoms with Gasteiger partial charge in [0.05, 0.1) is 13.5 Å². The summed E-state index contributed by atoms with van der Waals surface area (Å²) < 4.78 is 10.3. The van der Waals surface area contributed by atoms with E-state index in [4.69, 9.17) is 9.47 Å². The average molecular weight is 288 g/mol. The van der Waals surface area contributed by atoms with Crippen LogP contribution < -0.4 is 9.47 Å². The van der Waals surface area contributed by atoms with Crippen LogP contribution in [0.1, 0.15) is 6.42 Å². The van der Waals surface area contributed by atoms with Gasteiger partial charge in [-0.1, -0.05) is 18.2 Å². The molecule has 0 heterocycles. The van der Waals surface area contributed by atoms with Gasteiger partial charge in [-0.2, -0.15) is 0 Å². The van der Waals surface area contributed by atoms with Gasteiger partial charge in [0.1, 0.15) is 11.5 Å². The summed E-state index contributed by atoms with van der Waals surface area (Å²) in [4.78, 5) is 12.8. The topological polar surface area (TPSA) is 35.5 Å². The number of esters is 1. The Morgan fingerprint density at radius 3 is 2.30 bits per heavy atom. The van der Waals surface area contributed by atoms with Crippen molar-refractivity contribution >= 4 is 17.7 Å². The predicted molar refractivity (Wildman–Crippen MR) is 80.4 cm³/mol. The average Bonchev–Trinajstić information content (AvgIpc) is 2.49. The van der Waals surface area contributed by atoms with Crippen LogP contribution in [0.5, 0.6) is 11.5 Å². The molecule has 2 rings (SSSR count). The van der Waals surface area contributed by atoms with Crippen molar-refractivity contribution in [3.8, 4) is 11.5 Å². The summed E-state index contributed by atoms with van der Waals surface area (Å²) in [6, 6.07) is 17.0. The van der Waals surface area contributed by atoms with E-state index >= 15 is 0 Å². The summed E-state index contributed by atoms with van der Waals surface area (Å²) in [5, 5.41) is 0. The number of carbonyl (C=O) groups is 1. The van der Waals surface area contributed by atoms with Gasteiger partial charge in [-0.05, 0) is 36.4 Å². The predicted octanol–water partition coefficient (Wildman–Crippen LogP) is 3.78. The molecule has 0 N–H and O–H groups in total. The van der Waals surface area contributed by atoms with E-state index in [1.165, 1.54) is 0 Å². The van der Waals surface area contributed by atoms with E-state index in [0.29, 0.717) is 17.9 Å². The van der Waals surface area contributed by atoms with E-state index < -0.39 is 0 Å². The first-order valence-corrected chi connectivity index (χ1v) is 7.29. The summed E-state index contributed by atoms with van der Waals surface area (Å²) in [7, 11) is 1.60. The smallest absolute Gasteiger partial charge is 0.312 e. The highest BCUT2D eigenvalue weighted by Crippen LogP contribution is 2.20. The number of methoxy groups -OCH3 is 1. The van der Waals surface area contributed by atoms with Crippen molar-refractivity contribution in [3.05, 3.63) is 54.6 Å². The first-order valence-electron chi connectivity index (χ1n) is 6.30. The van der Waals surface area contributed by atoms with Gasteiger partial charge >= 0.3 is 5.97 Å². The molecule has 0 saturated heterocycles. The summed E-state index contributed by atoms with van der Waals surface area (Å²) >= 11 is 1.64. The summed E-state index contributed by atoms with van der Waals surface area (Å²) in [6.45, 7) is 0. The summed E-state index contributed by atoms with van der Waals surface area (Å²) in [6.07, 6.45) is 0.381. The Kier molecular flexibility index (Phi) is 5.50. The molecule has 0 aliphatic carbocycles. The fraction of sp³-hybridized carbons (Fsp3) is 0.188. The maximum Gasteiger partial charge on any atom is 0.312 e. The maximum absolute atomic E-state index is 11.7. The number of carbonyl (C=O) groups excluding carboxylic acids is 1. The van der Waals surface area contributed by atoms with Gasteiger partial charge in [-0.15, -0.1) is 11.8 Å². The van der Waals surface area contributed by atoms with Crippen molar-refractivity contribution in [1.29, 1.82) is 0 Å². The fourth-order valence-corrected chi connectivity index (χ4v) is 2.45.